The van der Waals surface area contributed by atoms with Crippen LogP contribution in [-0.4, -0.2) is 50.8 Å². The maximum atomic E-state index is 12.3. The molecule has 0 bridgehead atoms. The van der Waals surface area contributed by atoms with Crippen LogP contribution in [0.5, 0.6) is 0 Å². The molecule has 2 saturated heterocycles. The number of carbonyl (C=O) groups excluding carboxylic acids is 1. The van der Waals surface area contributed by atoms with Crippen molar-refractivity contribution in [3.05, 3.63) is 27.9 Å². The molecule has 6 heteroatoms. The number of nitrogens with zero attached hydrogens (tertiary/aromatic N) is 3. The van der Waals surface area contributed by atoms with Crippen molar-refractivity contribution in [2.24, 2.45) is 5.92 Å². The molecular formula is C18H26N4O2. The highest BCUT2D eigenvalue weighted by molar-refractivity contribution is 5.78. The van der Waals surface area contributed by atoms with Crippen molar-refractivity contribution in [1.82, 2.24) is 19.8 Å². The summed E-state index contributed by atoms with van der Waals surface area (Å²) in [7, 11) is 0. The van der Waals surface area contributed by atoms with Crippen molar-refractivity contribution in [3.63, 3.8) is 0 Å². The lowest BCUT2D eigenvalue weighted by Gasteiger charge is -2.48. The first-order valence-corrected chi connectivity index (χ1v) is 9.16. The summed E-state index contributed by atoms with van der Waals surface area (Å²) in [6.07, 6.45) is 5.09. The van der Waals surface area contributed by atoms with Crippen LogP contribution in [0, 0.1) is 12.8 Å². The molecule has 6 nitrogen and oxygen atoms in total. The van der Waals surface area contributed by atoms with Crippen LogP contribution in [0.4, 0.5) is 0 Å². The SMILES string of the molecule is Cc1cc(=O)[nH]c(C(C)N2CCC3C(CCC(=O)N3C3CC3)C2)n1. The third-order valence-corrected chi connectivity index (χ3v) is 5.87. The molecule has 130 valence electrons. The fraction of sp³-hybridized carbons (Fsp3) is 0.722. The second kappa shape index (κ2) is 5.99. The number of aryl methyl sites for hydroxylation is 1. The highest BCUT2D eigenvalue weighted by atomic mass is 16.2. The van der Waals surface area contributed by atoms with Gasteiger partial charge in [-0.1, -0.05) is 0 Å². The van der Waals surface area contributed by atoms with Crippen LogP contribution in [-0.2, 0) is 4.79 Å². The molecule has 1 saturated carbocycles. The molecule has 1 N–H and O–H groups in total. The van der Waals surface area contributed by atoms with Crippen molar-refractivity contribution in [1.29, 1.82) is 0 Å². The van der Waals surface area contributed by atoms with Gasteiger partial charge >= 0.3 is 0 Å². The molecule has 3 atom stereocenters. The fourth-order valence-electron chi connectivity index (χ4n) is 4.47. The van der Waals surface area contributed by atoms with Crippen LogP contribution in [0.3, 0.4) is 0 Å². The van der Waals surface area contributed by atoms with E-state index in [4.69, 9.17) is 0 Å². The molecule has 3 unspecified atom stereocenters. The molecule has 1 aromatic rings. The van der Waals surface area contributed by atoms with E-state index in [2.05, 4.69) is 26.7 Å². The summed E-state index contributed by atoms with van der Waals surface area (Å²) in [6, 6.07) is 2.57. The first-order valence-electron chi connectivity index (χ1n) is 9.16. The number of piperidine rings is 2. The van der Waals surface area contributed by atoms with Crippen LogP contribution in [0.2, 0.25) is 0 Å². The Balaban J connectivity index is 1.49. The minimum Gasteiger partial charge on any atom is -0.336 e. The Bertz CT molecular complexity index is 697. The second-order valence-corrected chi connectivity index (χ2v) is 7.63. The number of likely N-dealkylation sites (tertiary alicyclic amines) is 2. The third-order valence-electron chi connectivity index (χ3n) is 5.87. The highest BCUT2D eigenvalue weighted by Crippen LogP contribution is 2.40. The zero-order valence-corrected chi connectivity index (χ0v) is 14.5. The summed E-state index contributed by atoms with van der Waals surface area (Å²) >= 11 is 0. The minimum absolute atomic E-state index is 0.0811. The van der Waals surface area contributed by atoms with E-state index in [0.717, 1.165) is 37.4 Å². The molecule has 1 aliphatic carbocycles. The molecule has 3 fully saturated rings. The van der Waals surface area contributed by atoms with Crippen LogP contribution >= 0.6 is 0 Å². The van der Waals surface area contributed by atoms with Gasteiger partial charge in [-0.25, -0.2) is 4.98 Å². The molecule has 2 aliphatic heterocycles. The Morgan fingerprint density at radius 3 is 2.75 bits per heavy atom. The van der Waals surface area contributed by atoms with E-state index >= 15 is 0 Å². The Morgan fingerprint density at radius 2 is 2.04 bits per heavy atom. The van der Waals surface area contributed by atoms with Crippen LogP contribution < -0.4 is 5.56 Å². The normalized spacial score (nSPS) is 29.4. The number of H-pyrrole nitrogens is 1. The first kappa shape index (κ1) is 15.8. The zero-order chi connectivity index (χ0) is 16.8. The molecule has 0 aromatic carbocycles. The summed E-state index contributed by atoms with van der Waals surface area (Å²) in [5.74, 6) is 1.67. The van der Waals surface area contributed by atoms with Gasteiger partial charge in [0.05, 0.1) is 6.04 Å². The lowest BCUT2D eigenvalue weighted by molar-refractivity contribution is -0.142. The Labute approximate surface area is 142 Å². The summed E-state index contributed by atoms with van der Waals surface area (Å²) < 4.78 is 0. The van der Waals surface area contributed by atoms with Crippen molar-refractivity contribution in [2.45, 2.75) is 64.1 Å². The van der Waals surface area contributed by atoms with Gasteiger partial charge < -0.3 is 9.88 Å². The maximum absolute atomic E-state index is 12.3. The summed E-state index contributed by atoms with van der Waals surface area (Å²) in [6.45, 7) is 5.92. The Morgan fingerprint density at radius 1 is 1.25 bits per heavy atom. The predicted molar refractivity (Wildman–Crippen MR) is 90.6 cm³/mol. The van der Waals surface area contributed by atoms with Crippen LogP contribution in [0.25, 0.3) is 0 Å². The second-order valence-electron chi connectivity index (χ2n) is 7.63. The maximum Gasteiger partial charge on any atom is 0.251 e. The van der Waals surface area contributed by atoms with E-state index in [1.165, 1.54) is 18.9 Å². The van der Waals surface area contributed by atoms with E-state index in [1.807, 2.05) is 6.92 Å². The van der Waals surface area contributed by atoms with Gasteiger partial charge in [0.2, 0.25) is 5.91 Å². The molecular weight excluding hydrogens is 304 g/mol. The molecule has 4 rings (SSSR count). The van der Waals surface area contributed by atoms with E-state index < -0.39 is 0 Å². The molecule has 0 spiro atoms. The molecule has 1 amide bonds. The molecule has 0 radical (unpaired) electrons. The van der Waals surface area contributed by atoms with Gasteiger partial charge in [0, 0.05) is 43.4 Å². The monoisotopic (exact) mass is 330 g/mol. The molecule has 3 heterocycles. The van der Waals surface area contributed by atoms with Gasteiger partial charge in [-0.05, 0) is 45.4 Å². The molecule has 1 aromatic heterocycles. The van der Waals surface area contributed by atoms with Crippen LogP contribution in [0.15, 0.2) is 10.9 Å². The number of rotatable bonds is 3. The predicted octanol–water partition coefficient (Wildman–Crippen LogP) is 1.61. The fourth-order valence-corrected chi connectivity index (χ4v) is 4.47. The van der Waals surface area contributed by atoms with Gasteiger partial charge in [0.1, 0.15) is 5.82 Å². The van der Waals surface area contributed by atoms with Gasteiger partial charge in [0.15, 0.2) is 0 Å². The van der Waals surface area contributed by atoms with Gasteiger partial charge in [-0.15, -0.1) is 0 Å². The largest absolute Gasteiger partial charge is 0.336 e. The quantitative estimate of drug-likeness (QED) is 0.914. The number of aromatic amines is 1. The van der Waals surface area contributed by atoms with E-state index in [9.17, 15) is 9.59 Å². The average molecular weight is 330 g/mol. The number of carbonyl (C=O) groups is 1. The summed E-state index contributed by atoms with van der Waals surface area (Å²) in [5.41, 5.74) is 0.682. The Hall–Kier alpha value is -1.69. The number of amides is 1. The summed E-state index contributed by atoms with van der Waals surface area (Å²) in [4.78, 5) is 36.1. The minimum atomic E-state index is -0.0811. The average Bonchev–Trinajstić information content (AvgIpc) is 3.37. The number of fused-ring (bicyclic) bond motifs is 1. The van der Waals surface area contributed by atoms with Gasteiger partial charge in [-0.3, -0.25) is 14.5 Å². The lowest BCUT2D eigenvalue weighted by Crippen LogP contribution is -2.57. The van der Waals surface area contributed by atoms with Gasteiger partial charge in [-0.2, -0.15) is 0 Å². The Kier molecular flexibility index (Phi) is 3.95. The number of nitrogens with one attached hydrogen (secondary N) is 1. The molecule has 3 aliphatic rings. The van der Waals surface area contributed by atoms with E-state index in [-0.39, 0.29) is 11.6 Å². The third kappa shape index (κ3) is 2.88. The smallest absolute Gasteiger partial charge is 0.251 e. The lowest BCUT2D eigenvalue weighted by atomic mass is 9.83. The van der Waals surface area contributed by atoms with Crippen molar-refractivity contribution in [3.8, 4) is 0 Å². The first-order chi connectivity index (χ1) is 11.5. The summed E-state index contributed by atoms with van der Waals surface area (Å²) in [5, 5.41) is 0. The van der Waals surface area contributed by atoms with E-state index in [0.29, 0.717) is 30.3 Å². The standard InChI is InChI=1S/C18H26N4O2/c1-11-9-16(23)20-18(19-11)12(2)21-8-7-15-13(10-21)3-6-17(24)22(15)14-4-5-14/h9,12-15H,3-8,10H2,1-2H3,(H,19,20,23). The highest BCUT2D eigenvalue weighted by Gasteiger charge is 2.45. The van der Waals surface area contributed by atoms with Crippen LogP contribution in [0.1, 0.15) is 56.6 Å². The van der Waals surface area contributed by atoms with Crippen molar-refractivity contribution < 1.29 is 4.79 Å². The van der Waals surface area contributed by atoms with Crippen molar-refractivity contribution in [2.75, 3.05) is 13.1 Å². The van der Waals surface area contributed by atoms with E-state index in [1.54, 1.807) is 0 Å². The van der Waals surface area contributed by atoms with Gasteiger partial charge in [0.25, 0.3) is 5.56 Å². The van der Waals surface area contributed by atoms with Crippen molar-refractivity contribution >= 4 is 5.91 Å². The molecule has 24 heavy (non-hydrogen) atoms. The number of aromatic nitrogens is 2. The zero-order valence-electron chi connectivity index (χ0n) is 14.5. The number of hydrogen-bond donors (Lipinski definition) is 1. The number of hydrogen-bond acceptors (Lipinski definition) is 4. The topological polar surface area (TPSA) is 69.3 Å².